The molecule has 0 amide bonds. The van der Waals surface area contributed by atoms with Crippen LogP contribution in [0.5, 0.6) is 0 Å². The predicted octanol–water partition coefficient (Wildman–Crippen LogP) is 5.91. The highest BCUT2D eigenvalue weighted by molar-refractivity contribution is 7.98. The van der Waals surface area contributed by atoms with Gasteiger partial charge in [0.1, 0.15) is 0 Å². The number of benzene rings is 2. The maximum atomic E-state index is 2.29. The quantitative estimate of drug-likeness (QED) is 0.658. The Hall–Kier alpha value is -1.47. The molecule has 1 heteroatoms. The van der Waals surface area contributed by atoms with E-state index in [9.17, 15) is 0 Å². The Kier molecular flexibility index (Phi) is 3.98. The van der Waals surface area contributed by atoms with E-state index in [0.717, 1.165) is 5.75 Å². The second-order valence-electron chi connectivity index (χ2n) is 5.35. The summed E-state index contributed by atoms with van der Waals surface area (Å²) in [5, 5.41) is 0. The Bertz CT molecular complexity index is 603. The molecule has 102 valence electrons. The van der Waals surface area contributed by atoms with Gasteiger partial charge in [0.15, 0.2) is 0 Å². The van der Waals surface area contributed by atoms with Gasteiger partial charge in [-0.25, -0.2) is 0 Å². The summed E-state index contributed by atoms with van der Waals surface area (Å²) in [6.07, 6.45) is 2.37. The third-order valence-electron chi connectivity index (χ3n) is 3.88. The second-order valence-corrected chi connectivity index (χ2v) is 6.36. The smallest absolute Gasteiger partial charge is 0.0238 e. The summed E-state index contributed by atoms with van der Waals surface area (Å²) >= 11 is 1.96. The van der Waals surface area contributed by atoms with E-state index < -0.39 is 0 Å². The molecule has 0 bridgehead atoms. The van der Waals surface area contributed by atoms with Crippen LogP contribution in [0.1, 0.15) is 43.4 Å². The van der Waals surface area contributed by atoms with Crippen molar-refractivity contribution in [2.24, 2.45) is 0 Å². The minimum absolute atomic E-state index is 1.07. The maximum Gasteiger partial charge on any atom is 0.0238 e. The highest BCUT2D eigenvalue weighted by Crippen LogP contribution is 2.41. The van der Waals surface area contributed by atoms with E-state index >= 15 is 0 Å². The molecule has 0 atom stereocenters. The van der Waals surface area contributed by atoms with Gasteiger partial charge >= 0.3 is 0 Å². The first kappa shape index (κ1) is 13.5. The maximum absolute atomic E-state index is 2.29. The topological polar surface area (TPSA) is 0 Å². The van der Waals surface area contributed by atoms with Gasteiger partial charge in [0.05, 0.1) is 0 Å². The van der Waals surface area contributed by atoms with Crippen molar-refractivity contribution in [3.05, 3.63) is 70.8 Å². The van der Waals surface area contributed by atoms with E-state index in [1.54, 1.807) is 0 Å². The van der Waals surface area contributed by atoms with Gasteiger partial charge in [-0.3, -0.25) is 0 Å². The van der Waals surface area contributed by atoms with Crippen LogP contribution in [0.2, 0.25) is 0 Å². The fourth-order valence-electron chi connectivity index (χ4n) is 2.95. The normalized spacial score (nSPS) is 16.1. The summed E-state index contributed by atoms with van der Waals surface area (Å²) in [6, 6.07) is 17.7. The molecule has 1 aliphatic heterocycles. The Balaban J connectivity index is 2.27. The molecular weight excluding hydrogens is 260 g/mol. The third-order valence-corrected chi connectivity index (χ3v) is 5.00. The Morgan fingerprint density at radius 3 is 2.50 bits per heavy atom. The van der Waals surface area contributed by atoms with Gasteiger partial charge in [0.25, 0.3) is 0 Å². The van der Waals surface area contributed by atoms with Gasteiger partial charge in [0, 0.05) is 10.6 Å². The van der Waals surface area contributed by atoms with E-state index in [1.165, 1.54) is 45.6 Å². The SMILES string of the molecule is CCC/C(C)=C1\c2ccccc2CSc2ccccc21. The van der Waals surface area contributed by atoms with Gasteiger partial charge in [0.2, 0.25) is 0 Å². The van der Waals surface area contributed by atoms with Gasteiger partial charge < -0.3 is 0 Å². The average Bonchev–Trinajstić information content (AvgIpc) is 2.64. The number of hydrogen-bond donors (Lipinski definition) is 0. The molecule has 0 aromatic heterocycles. The van der Waals surface area contributed by atoms with Crippen molar-refractivity contribution in [2.45, 2.75) is 37.3 Å². The molecule has 20 heavy (non-hydrogen) atoms. The Labute approximate surface area is 125 Å². The molecule has 0 radical (unpaired) electrons. The third kappa shape index (κ3) is 2.43. The summed E-state index contributed by atoms with van der Waals surface area (Å²) in [5.74, 6) is 1.07. The molecule has 0 N–H and O–H groups in total. The molecule has 0 fully saturated rings. The highest BCUT2D eigenvalue weighted by atomic mass is 32.2. The number of allylic oxidation sites excluding steroid dienone is 1. The molecule has 0 saturated heterocycles. The zero-order valence-electron chi connectivity index (χ0n) is 12.1. The molecule has 0 spiro atoms. The van der Waals surface area contributed by atoms with Crippen molar-refractivity contribution in [3.8, 4) is 0 Å². The van der Waals surface area contributed by atoms with Crippen LogP contribution in [0.15, 0.2) is 59.0 Å². The molecule has 0 saturated carbocycles. The van der Waals surface area contributed by atoms with Crippen LogP contribution in [0, 0.1) is 0 Å². The molecule has 2 aromatic rings. The lowest BCUT2D eigenvalue weighted by molar-refractivity contribution is 0.907. The first-order chi connectivity index (χ1) is 9.81. The van der Waals surface area contributed by atoms with E-state index in [1.807, 2.05) is 11.8 Å². The number of rotatable bonds is 2. The first-order valence-electron chi connectivity index (χ1n) is 7.31. The molecule has 0 aliphatic carbocycles. The Morgan fingerprint density at radius 1 is 1.00 bits per heavy atom. The predicted molar refractivity (Wildman–Crippen MR) is 89.0 cm³/mol. The van der Waals surface area contributed by atoms with E-state index in [-0.39, 0.29) is 0 Å². The largest absolute Gasteiger partial charge is 0.121 e. The van der Waals surface area contributed by atoms with Crippen LogP contribution in [-0.4, -0.2) is 0 Å². The number of hydrogen-bond acceptors (Lipinski definition) is 1. The second kappa shape index (κ2) is 5.88. The lowest BCUT2D eigenvalue weighted by atomic mass is 9.89. The Morgan fingerprint density at radius 2 is 1.70 bits per heavy atom. The van der Waals surface area contributed by atoms with Crippen LogP contribution < -0.4 is 0 Å². The van der Waals surface area contributed by atoms with Crippen LogP contribution in [0.3, 0.4) is 0 Å². The van der Waals surface area contributed by atoms with Crippen molar-refractivity contribution in [1.82, 2.24) is 0 Å². The molecule has 2 aromatic carbocycles. The molecule has 3 rings (SSSR count). The van der Waals surface area contributed by atoms with Crippen molar-refractivity contribution >= 4 is 17.3 Å². The lowest BCUT2D eigenvalue weighted by Crippen LogP contribution is -1.95. The summed E-state index contributed by atoms with van der Waals surface area (Å²) in [4.78, 5) is 1.41. The van der Waals surface area contributed by atoms with Crippen molar-refractivity contribution in [1.29, 1.82) is 0 Å². The van der Waals surface area contributed by atoms with Gasteiger partial charge in [-0.05, 0) is 41.7 Å². The summed E-state index contributed by atoms with van der Waals surface area (Å²) in [5.41, 5.74) is 7.27. The van der Waals surface area contributed by atoms with Crippen molar-refractivity contribution in [3.63, 3.8) is 0 Å². The fourth-order valence-corrected chi connectivity index (χ4v) is 4.01. The molecule has 1 heterocycles. The number of fused-ring (bicyclic) bond motifs is 2. The zero-order valence-corrected chi connectivity index (χ0v) is 13.0. The standard InChI is InChI=1S/C19H20S/c1-3-8-14(2)19-16-10-5-4-9-15(16)13-20-18-12-7-6-11-17(18)19/h4-7,9-12H,3,8,13H2,1-2H3/b19-14+. The minimum Gasteiger partial charge on any atom is -0.121 e. The first-order valence-corrected chi connectivity index (χ1v) is 8.30. The van der Waals surface area contributed by atoms with Crippen LogP contribution in [0.25, 0.3) is 5.57 Å². The lowest BCUT2D eigenvalue weighted by Gasteiger charge is -2.15. The van der Waals surface area contributed by atoms with Gasteiger partial charge in [-0.2, -0.15) is 0 Å². The number of thioether (sulfide) groups is 1. The van der Waals surface area contributed by atoms with Crippen molar-refractivity contribution < 1.29 is 0 Å². The molecule has 0 nitrogen and oxygen atoms in total. The van der Waals surface area contributed by atoms with Gasteiger partial charge in [-0.1, -0.05) is 61.4 Å². The van der Waals surface area contributed by atoms with Crippen molar-refractivity contribution in [2.75, 3.05) is 0 Å². The zero-order chi connectivity index (χ0) is 13.9. The molecule has 0 unspecified atom stereocenters. The highest BCUT2D eigenvalue weighted by Gasteiger charge is 2.19. The van der Waals surface area contributed by atoms with Crippen LogP contribution in [-0.2, 0) is 5.75 Å². The average molecular weight is 280 g/mol. The fraction of sp³-hybridized carbons (Fsp3) is 0.263. The van der Waals surface area contributed by atoms with E-state index in [2.05, 4.69) is 62.4 Å². The minimum atomic E-state index is 1.07. The summed E-state index contributed by atoms with van der Waals surface area (Å²) in [7, 11) is 0. The summed E-state index contributed by atoms with van der Waals surface area (Å²) < 4.78 is 0. The van der Waals surface area contributed by atoms with Crippen LogP contribution >= 0.6 is 11.8 Å². The van der Waals surface area contributed by atoms with Gasteiger partial charge in [-0.15, -0.1) is 11.8 Å². The monoisotopic (exact) mass is 280 g/mol. The molecular formula is C19H20S. The summed E-state index contributed by atoms with van der Waals surface area (Å²) in [6.45, 7) is 4.55. The van der Waals surface area contributed by atoms with Crippen LogP contribution in [0.4, 0.5) is 0 Å². The molecule has 1 aliphatic rings. The van der Waals surface area contributed by atoms with E-state index in [0.29, 0.717) is 0 Å². The van der Waals surface area contributed by atoms with E-state index in [4.69, 9.17) is 0 Å².